The highest BCUT2D eigenvalue weighted by Crippen LogP contribution is 2.42. The molecular weight excluding hydrogens is 306 g/mol. The van der Waals surface area contributed by atoms with E-state index in [-0.39, 0.29) is 5.92 Å². The Kier molecular flexibility index (Phi) is 3.85. The van der Waals surface area contributed by atoms with Gasteiger partial charge >= 0.3 is 5.97 Å². The van der Waals surface area contributed by atoms with E-state index in [1.165, 1.54) is 5.56 Å². The zero-order valence-electron chi connectivity index (χ0n) is 14.0. The van der Waals surface area contributed by atoms with Crippen LogP contribution >= 0.6 is 0 Å². The quantitative estimate of drug-likeness (QED) is 0.934. The van der Waals surface area contributed by atoms with Crippen molar-refractivity contribution in [1.29, 1.82) is 0 Å². The van der Waals surface area contributed by atoms with Crippen molar-refractivity contribution < 1.29 is 19.1 Å². The molecule has 2 aliphatic heterocycles. The summed E-state index contributed by atoms with van der Waals surface area (Å²) in [5.74, 6) is 0.459. The molecule has 2 atom stereocenters. The van der Waals surface area contributed by atoms with Crippen LogP contribution in [0.4, 0.5) is 0 Å². The van der Waals surface area contributed by atoms with Gasteiger partial charge in [0.15, 0.2) is 0 Å². The number of hydrogen-bond donors (Lipinski definition) is 1. The first-order valence-corrected chi connectivity index (χ1v) is 8.67. The summed E-state index contributed by atoms with van der Waals surface area (Å²) in [4.78, 5) is 14.2. The zero-order valence-corrected chi connectivity index (χ0v) is 14.0. The average molecular weight is 329 g/mol. The highest BCUT2D eigenvalue weighted by atomic mass is 16.5. The van der Waals surface area contributed by atoms with Crippen LogP contribution in [0.3, 0.4) is 0 Å². The van der Waals surface area contributed by atoms with Gasteiger partial charge in [0.25, 0.3) is 0 Å². The van der Waals surface area contributed by atoms with Gasteiger partial charge in [-0.05, 0) is 18.4 Å². The van der Waals surface area contributed by atoms with Crippen LogP contribution in [-0.4, -0.2) is 42.3 Å². The second-order valence-corrected chi connectivity index (χ2v) is 7.02. The lowest BCUT2D eigenvalue weighted by atomic mass is 9.76. The normalized spacial score (nSPS) is 27.5. The summed E-state index contributed by atoms with van der Waals surface area (Å²) in [6, 6.07) is 8.09. The van der Waals surface area contributed by atoms with Crippen molar-refractivity contribution in [3.05, 3.63) is 35.6 Å². The van der Waals surface area contributed by atoms with Gasteiger partial charge in [-0.15, -0.1) is 0 Å². The number of hydrogen-bond acceptors (Lipinski definition) is 4. The highest BCUT2D eigenvalue weighted by Gasteiger charge is 2.54. The molecule has 24 heavy (non-hydrogen) atoms. The maximum absolute atomic E-state index is 11.9. The summed E-state index contributed by atoms with van der Waals surface area (Å²) in [6.07, 6.45) is 1.67. The SMILES string of the molecule is CCc1oc2ccccc2c1CN1C[C@@H]2CCOC[C@]2(C(=O)O)C1. The van der Waals surface area contributed by atoms with Crippen LogP contribution in [0, 0.1) is 11.3 Å². The van der Waals surface area contributed by atoms with Gasteiger partial charge in [0, 0.05) is 43.6 Å². The van der Waals surface area contributed by atoms with Gasteiger partial charge in [-0.25, -0.2) is 0 Å². The first kappa shape index (κ1) is 15.7. The van der Waals surface area contributed by atoms with E-state index in [9.17, 15) is 9.90 Å². The van der Waals surface area contributed by atoms with E-state index >= 15 is 0 Å². The molecule has 0 spiro atoms. The predicted molar refractivity (Wildman–Crippen MR) is 89.9 cm³/mol. The smallest absolute Gasteiger partial charge is 0.313 e. The van der Waals surface area contributed by atoms with E-state index in [4.69, 9.17) is 9.15 Å². The Morgan fingerprint density at radius 2 is 2.25 bits per heavy atom. The van der Waals surface area contributed by atoms with Crippen LogP contribution < -0.4 is 0 Å². The number of likely N-dealkylation sites (tertiary alicyclic amines) is 1. The molecule has 1 aromatic heterocycles. The number of carboxylic acid groups (broad SMARTS) is 1. The standard InChI is InChI=1S/C19H23NO4/c1-2-16-15(14-5-3-4-6-17(14)24-16)10-20-9-13-7-8-23-12-19(13,11-20)18(21)22/h3-6,13H,2,7-12H2,1H3,(H,21,22)/t13-,19+/m0/s1. The molecule has 2 aliphatic rings. The number of fused-ring (bicyclic) bond motifs is 2. The fraction of sp³-hybridized carbons (Fsp3) is 0.526. The van der Waals surface area contributed by atoms with E-state index in [2.05, 4.69) is 17.9 Å². The fourth-order valence-electron chi connectivity index (χ4n) is 4.35. The summed E-state index contributed by atoms with van der Waals surface area (Å²) in [7, 11) is 0. The molecule has 5 heteroatoms. The van der Waals surface area contributed by atoms with E-state index in [0.717, 1.165) is 42.7 Å². The van der Waals surface area contributed by atoms with Gasteiger partial charge in [0.05, 0.1) is 6.61 Å². The number of carboxylic acids is 1. The number of carbonyl (C=O) groups is 1. The van der Waals surface area contributed by atoms with Crippen LogP contribution in [-0.2, 0) is 22.5 Å². The third kappa shape index (κ3) is 2.34. The monoisotopic (exact) mass is 329 g/mol. The van der Waals surface area contributed by atoms with Crippen molar-refractivity contribution in [3.63, 3.8) is 0 Å². The van der Waals surface area contributed by atoms with Crippen molar-refractivity contribution in [1.82, 2.24) is 4.90 Å². The maximum Gasteiger partial charge on any atom is 0.313 e. The van der Waals surface area contributed by atoms with Gasteiger partial charge in [-0.2, -0.15) is 0 Å². The summed E-state index contributed by atoms with van der Waals surface area (Å²) < 4.78 is 11.5. The zero-order chi connectivity index (χ0) is 16.7. The maximum atomic E-state index is 11.9. The molecule has 0 radical (unpaired) electrons. The average Bonchev–Trinajstić information content (AvgIpc) is 3.14. The van der Waals surface area contributed by atoms with Crippen LogP contribution in [0.25, 0.3) is 11.0 Å². The lowest BCUT2D eigenvalue weighted by molar-refractivity contribution is -0.159. The number of para-hydroxylation sites is 1. The van der Waals surface area contributed by atoms with Gasteiger partial charge in [-0.1, -0.05) is 25.1 Å². The Morgan fingerprint density at radius 1 is 1.42 bits per heavy atom. The highest BCUT2D eigenvalue weighted by molar-refractivity contribution is 5.82. The van der Waals surface area contributed by atoms with Crippen LogP contribution in [0.2, 0.25) is 0 Å². The summed E-state index contributed by atoms with van der Waals surface area (Å²) in [5, 5.41) is 10.9. The number of nitrogens with zero attached hydrogens (tertiary/aromatic N) is 1. The molecule has 0 aliphatic carbocycles. The van der Waals surface area contributed by atoms with Crippen molar-refractivity contribution in [3.8, 4) is 0 Å². The molecule has 1 aromatic carbocycles. The number of furan rings is 1. The fourth-order valence-corrected chi connectivity index (χ4v) is 4.35. The number of ether oxygens (including phenoxy) is 1. The molecule has 3 heterocycles. The Balaban J connectivity index is 1.64. The minimum Gasteiger partial charge on any atom is -0.481 e. The predicted octanol–water partition coefficient (Wildman–Crippen LogP) is 2.92. The van der Waals surface area contributed by atoms with Crippen LogP contribution in [0.5, 0.6) is 0 Å². The molecule has 0 bridgehead atoms. The van der Waals surface area contributed by atoms with Crippen molar-refractivity contribution in [2.45, 2.75) is 26.3 Å². The van der Waals surface area contributed by atoms with Gasteiger partial charge < -0.3 is 14.3 Å². The van der Waals surface area contributed by atoms with E-state index in [1.54, 1.807) is 0 Å². The van der Waals surface area contributed by atoms with Crippen molar-refractivity contribution in [2.75, 3.05) is 26.3 Å². The molecule has 5 nitrogen and oxygen atoms in total. The van der Waals surface area contributed by atoms with E-state index in [1.807, 2.05) is 18.2 Å². The Labute approximate surface area is 141 Å². The van der Waals surface area contributed by atoms with Gasteiger partial charge in [0.2, 0.25) is 0 Å². The summed E-state index contributed by atoms with van der Waals surface area (Å²) in [5.41, 5.74) is 1.37. The number of aryl methyl sites for hydroxylation is 1. The first-order chi connectivity index (χ1) is 11.6. The van der Waals surface area contributed by atoms with Crippen LogP contribution in [0.1, 0.15) is 24.7 Å². The molecule has 0 amide bonds. The minimum atomic E-state index is -0.746. The molecule has 0 saturated carbocycles. The molecule has 4 rings (SSSR count). The third-order valence-electron chi connectivity index (χ3n) is 5.65. The number of aliphatic carboxylic acids is 1. The molecule has 2 saturated heterocycles. The molecule has 2 fully saturated rings. The van der Waals surface area contributed by atoms with E-state index in [0.29, 0.717) is 19.8 Å². The van der Waals surface area contributed by atoms with Gasteiger partial charge in [0.1, 0.15) is 16.8 Å². The van der Waals surface area contributed by atoms with Crippen molar-refractivity contribution in [2.24, 2.45) is 11.3 Å². The minimum absolute atomic E-state index is 0.173. The number of rotatable bonds is 4. The second kappa shape index (κ2) is 5.90. The molecular formula is C19H23NO4. The molecule has 1 N–H and O–H groups in total. The van der Waals surface area contributed by atoms with E-state index < -0.39 is 11.4 Å². The lowest BCUT2D eigenvalue weighted by Gasteiger charge is -2.34. The van der Waals surface area contributed by atoms with Crippen LogP contribution in [0.15, 0.2) is 28.7 Å². The first-order valence-electron chi connectivity index (χ1n) is 8.67. The summed E-state index contributed by atoms with van der Waals surface area (Å²) in [6.45, 7) is 5.20. The topological polar surface area (TPSA) is 62.9 Å². The molecule has 2 aromatic rings. The van der Waals surface area contributed by atoms with Gasteiger partial charge in [-0.3, -0.25) is 9.69 Å². The number of benzene rings is 1. The molecule has 128 valence electrons. The van der Waals surface area contributed by atoms with Crippen molar-refractivity contribution >= 4 is 16.9 Å². The Bertz CT molecular complexity index is 768. The lowest BCUT2D eigenvalue weighted by Crippen LogP contribution is -2.46. The second-order valence-electron chi connectivity index (χ2n) is 7.02. The Hall–Kier alpha value is -1.85. The molecule has 0 unspecified atom stereocenters. The summed E-state index contributed by atoms with van der Waals surface area (Å²) >= 11 is 0. The Morgan fingerprint density at radius 3 is 3.00 bits per heavy atom. The largest absolute Gasteiger partial charge is 0.481 e. The third-order valence-corrected chi connectivity index (χ3v) is 5.65.